The summed E-state index contributed by atoms with van der Waals surface area (Å²) < 4.78 is 44.0. The number of rotatable bonds is 5. The van der Waals surface area contributed by atoms with Crippen molar-refractivity contribution in [2.45, 2.75) is 57.2 Å². The Hall–Kier alpha value is -3.30. The van der Waals surface area contributed by atoms with Crippen LogP contribution in [0.15, 0.2) is 12.1 Å². The Labute approximate surface area is 257 Å². The topological polar surface area (TPSA) is 101 Å². The molecule has 3 aliphatic heterocycles. The fourth-order valence-corrected chi connectivity index (χ4v) is 8.37. The van der Waals surface area contributed by atoms with Crippen molar-refractivity contribution in [3.05, 3.63) is 39.9 Å². The van der Waals surface area contributed by atoms with E-state index < -0.39 is 11.6 Å². The summed E-state index contributed by atoms with van der Waals surface area (Å²) in [4.78, 5) is 14.1. The summed E-state index contributed by atoms with van der Waals surface area (Å²) in [6.07, 6.45) is 4.07. The molecule has 2 aromatic heterocycles. The number of nitrogens with zero attached hydrogens (tertiary/aromatic N) is 5. The third-order valence-electron chi connectivity index (χ3n) is 9.20. The van der Waals surface area contributed by atoms with E-state index in [1.807, 2.05) is 6.92 Å². The van der Waals surface area contributed by atoms with Crippen molar-refractivity contribution >= 4 is 54.7 Å². The zero-order valence-electron chi connectivity index (χ0n) is 23.9. The van der Waals surface area contributed by atoms with Crippen molar-refractivity contribution < 1.29 is 18.3 Å². The quantitative estimate of drug-likeness (QED) is 0.276. The Morgan fingerprint density at radius 3 is 2.70 bits per heavy atom. The van der Waals surface area contributed by atoms with Crippen LogP contribution in [0.4, 0.5) is 19.6 Å². The SMILES string of the molecule is C[C@H](Oc1nc2c3c(c(Cl)c(-c4ccc(F)c5sc(N)c(C#N)c45)c(F)c3n1)CCN2C1CCOCC1)[C@@H]1CCCN1C. The lowest BCUT2D eigenvalue weighted by Crippen LogP contribution is -2.43. The molecule has 8 nitrogen and oxygen atoms in total. The standard InChI is InChI=1S/C31H31ClF2N6O2S/c1-15(21-4-3-10-39(21)2)42-31-37-27-24-18(7-11-40(30(24)38-31)16-8-12-41-13-9-16)25(32)23(26(27)34)17-5-6-20(33)28-22(17)19(14-35)29(36)43-28/h5-6,15-16,21H,3-4,7-13,36H2,1-2H3/t15-,21-/m0/s1. The summed E-state index contributed by atoms with van der Waals surface area (Å²) in [6.45, 7) is 4.91. The van der Waals surface area contributed by atoms with Gasteiger partial charge >= 0.3 is 6.01 Å². The van der Waals surface area contributed by atoms with Crippen molar-refractivity contribution in [1.82, 2.24) is 14.9 Å². The zero-order valence-corrected chi connectivity index (χ0v) is 25.5. The Kier molecular flexibility index (Phi) is 7.29. The molecule has 7 rings (SSSR count). The Balaban J connectivity index is 1.46. The molecule has 2 aromatic carbocycles. The van der Waals surface area contributed by atoms with Crippen LogP contribution in [0.3, 0.4) is 0 Å². The highest BCUT2D eigenvalue weighted by Gasteiger charge is 2.35. The first-order chi connectivity index (χ1) is 20.8. The summed E-state index contributed by atoms with van der Waals surface area (Å²) in [5.41, 5.74) is 7.39. The first kappa shape index (κ1) is 28.5. The first-order valence-corrected chi connectivity index (χ1v) is 15.8. The van der Waals surface area contributed by atoms with E-state index in [-0.39, 0.29) is 61.0 Å². The van der Waals surface area contributed by atoms with Gasteiger partial charge in [0.2, 0.25) is 0 Å². The van der Waals surface area contributed by atoms with E-state index in [4.69, 9.17) is 31.8 Å². The molecule has 0 aliphatic carbocycles. The van der Waals surface area contributed by atoms with E-state index >= 15 is 4.39 Å². The summed E-state index contributed by atoms with van der Waals surface area (Å²) in [5.74, 6) is -0.596. The highest BCUT2D eigenvalue weighted by molar-refractivity contribution is 7.23. The summed E-state index contributed by atoms with van der Waals surface area (Å²) >= 11 is 8.02. The van der Waals surface area contributed by atoms with Gasteiger partial charge in [0, 0.05) is 42.8 Å². The number of nitrogen functional groups attached to an aromatic ring is 1. The number of likely N-dealkylation sites (N-methyl/N-ethyl adjacent to an activating group) is 1. The van der Waals surface area contributed by atoms with Crippen molar-refractivity contribution in [2.75, 3.05) is 44.0 Å². The van der Waals surface area contributed by atoms with Crippen LogP contribution in [-0.2, 0) is 11.2 Å². The third-order valence-corrected chi connectivity index (χ3v) is 10.6. The Bertz CT molecular complexity index is 1800. The maximum absolute atomic E-state index is 17.0. The maximum Gasteiger partial charge on any atom is 0.319 e. The lowest BCUT2D eigenvalue weighted by atomic mass is 9.91. The summed E-state index contributed by atoms with van der Waals surface area (Å²) in [5, 5.41) is 11.1. The number of hydrogen-bond donors (Lipinski definition) is 1. The van der Waals surface area contributed by atoms with E-state index in [2.05, 4.69) is 27.9 Å². The van der Waals surface area contributed by atoms with Crippen LogP contribution < -0.4 is 15.4 Å². The molecule has 2 N–H and O–H groups in total. The van der Waals surface area contributed by atoms with Gasteiger partial charge in [-0.1, -0.05) is 17.7 Å². The molecule has 2 atom stereocenters. The number of nitriles is 1. The van der Waals surface area contributed by atoms with Crippen molar-refractivity contribution in [3.63, 3.8) is 0 Å². The van der Waals surface area contributed by atoms with Gasteiger partial charge in [0.25, 0.3) is 0 Å². The highest BCUT2D eigenvalue weighted by Crippen LogP contribution is 2.49. The van der Waals surface area contributed by atoms with Gasteiger partial charge < -0.3 is 20.1 Å². The van der Waals surface area contributed by atoms with Gasteiger partial charge in [-0.15, -0.1) is 11.3 Å². The number of nitrogens with two attached hydrogens (primary N) is 1. The molecule has 2 fully saturated rings. The number of thiophene rings is 1. The molecule has 5 heterocycles. The number of likely N-dealkylation sites (tertiary alicyclic amines) is 1. The van der Waals surface area contributed by atoms with Crippen molar-refractivity contribution in [1.29, 1.82) is 5.26 Å². The highest BCUT2D eigenvalue weighted by atomic mass is 35.5. The van der Waals surface area contributed by atoms with E-state index in [9.17, 15) is 9.65 Å². The fourth-order valence-electron chi connectivity index (χ4n) is 7.05. The number of anilines is 2. The molecule has 2 saturated heterocycles. The van der Waals surface area contributed by atoms with Crippen molar-refractivity contribution in [2.24, 2.45) is 0 Å². The molecular weight excluding hydrogens is 594 g/mol. The number of aromatic nitrogens is 2. The van der Waals surface area contributed by atoms with Gasteiger partial charge in [0.15, 0.2) is 5.82 Å². The van der Waals surface area contributed by atoms with E-state index in [1.54, 1.807) is 0 Å². The molecular formula is C31H31ClF2N6O2S. The molecule has 0 amide bonds. The van der Waals surface area contributed by atoms with Crippen LogP contribution in [0.25, 0.3) is 32.1 Å². The zero-order chi connectivity index (χ0) is 30.0. The predicted octanol–water partition coefficient (Wildman–Crippen LogP) is 6.30. The number of fused-ring (bicyclic) bond motifs is 1. The number of halogens is 3. The van der Waals surface area contributed by atoms with Gasteiger partial charge in [-0.3, -0.25) is 4.90 Å². The second-order valence-electron chi connectivity index (χ2n) is 11.6. The minimum absolute atomic E-state index is 0.0714. The van der Waals surface area contributed by atoms with Gasteiger partial charge in [-0.2, -0.15) is 15.2 Å². The number of benzene rings is 2. The Morgan fingerprint density at radius 2 is 1.98 bits per heavy atom. The second-order valence-corrected chi connectivity index (χ2v) is 13.0. The van der Waals surface area contributed by atoms with Crippen LogP contribution in [-0.4, -0.2) is 66.4 Å². The van der Waals surface area contributed by atoms with Crippen LogP contribution in [0.5, 0.6) is 6.01 Å². The van der Waals surface area contributed by atoms with Crippen LogP contribution >= 0.6 is 22.9 Å². The van der Waals surface area contributed by atoms with E-state index in [1.165, 1.54) is 12.1 Å². The lowest BCUT2D eigenvalue weighted by Gasteiger charge is -2.39. The van der Waals surface area contributed by atoms with Crippen molar-refractivity contribution in [3.8, 4) is 23.2 Å². The average Bonchev–Trinajstić information content (AvgIpc) is 3.59. The lowest BCUT2D eigenvalue weighted by molar-refractivity contribution is 0.0841. The van der Waals surface area contributed by atoms with Gasteiger partial charge in [-0.25, -0.2) is 8.78 Å². The maximum atomic E-state index is 17.0. The molecule has 12 heteroatoms. The molecule has 0 saturated carbocycles. The summed E-state index contributed by atoms with van der Waals surface area (Å²) in [7, 11) is 2.08. The monoisotopic (exact) mass is 624 g/mol. The van der Waals surface area contributed by atoms with Crippen LogP contribution in [0, 0.1) is 23.0 Å². The van der Waals surface area contributed by atoms with Crippen LogP contribution in [0.1, 0.15) is 43.7 Å². The summed E-state index contributed by atoms with van der Waals surface area (Å²) in [6, 6.07) is 5.27. The normalized spacial score (nSPS) is 20.2. The minimum atomic E-state index is -0.668. The fraction of sp³-hybridized carbons (Fsp3) is 0.452. The number of ether oxygens (including phenoxy) is 2. The molecule has 0 bridgehead atoms. The third kappa shape index (κ3) is 4.58. The average molecular weight is 625 g/mol. The molecule has 4 aromatic rings. The molecule has 0 unspecified atom stereocenters. The predicted molar refractivity (Wildman–Crippen MR) is 165 cm³/mol. The Morgan fingerprint density at radius 1 is 1.19 bits per heavy atom. The molecule has 43 heavy (non-hydrogen) atoms. The molecule has 0 radical (unpaired) electrons. The van der Waals surface area contributed by atoms with E-state index in [0.29, 0.717) is 42.9 Å². The molecule has 0 spiro atoms. The minimum Gasteiger partial charge on any atom is -0.459 e. The van der Waals surface area contributed by atoms with Gasteiger partial charge in [-0.05, 0) is 69.8 Å². The van der Waals surface area contributed by atoms with E-state index in [0.717, 1.165) is 49.1 Å². The van der Waals surface area contributed by atoms with Gasteiger partial charge in [0.1, 0.15) is 34.3 Å². The second kappa shape index (κ2) is 11.0. The van der Waals surface area contributed by atoms with Crippen LogP contribution in [0.2, 0.25) is 5.02 Å². The molecule has 3 aliphatic rings. The smallest absolute Gasteiger partial charge is 0.319 e. The molecule has 224 valence electrons. The first-order valence-electron chi connectivity index (χ1n) is 14.6. The van der Waals surface area contributed by atoms with Gasteiger partial charge in [0.05, 0.1) is 20.7 Å². The number of hydrogen-bond acceptors (Lipinski definition) is 9. The largest absolute Gasteiger partial charge is 0.459 e.